The molecule has 5 rings (SSSR count). The van der Waals surface area contributed by atoms with Crippen molar-refractivity contribution in [3.05, 3.63) is 18.2 Å². The smallest absolute Gasteiger partial charge is 0.316 e. The molecule has 2 aromatic heterocycles. The predicted molar refractivity (Wildman–Crippen MR) is 102 cm³/mol. The highest BCUT2D eigenvalue weighted by Crippen LogP contribution is 2.53. The molecule has 0 unspecified atom stereocenters. The fourth-order valence-corrected chi connectivity index (χ4v) is 4.00. The lowest BCUT2D eigenvalue weighted by molar-refractivity contribution is -0.133. The molecule has 0 bridgehead atoms. The van der Waals surface area contributed by atoms with Crippen LogP contribution < -0.4 is 5.32 Å². The SMILES string of the molecule is C[C@@H](Nc1nnc(-c2cccc3nn(C)nc23)o1)C(=O)N1CCC2(CC1)CC2. The highest BCUT2D eigenvalue weighted by atomic mass is 16.4. The van der Waals surface area contributed by atoms with Gasteiger partial charge in [-0.25, -0.2) is 0 Å². The van der Waals surface area contributed by atoms with Crippen molar-refractivity contribution in [2.75, 3.05) is 18.4 Å². The van der Waals surface area contributed by atoms with Gasteiger partial charge in [0.2, 0.25) is 5.91 Å². The quantitative estimate of drug-likeness (QED) is 0.739. The Labute approximate surface area is 162 Å². The van der Waals surface area contributed by atoms with Crippen LogP contribution in [0.1, 0.15) is 32.6 Å². The Morgan fingerprint density at radius 1 is 1.18 bits per heavy atom. The van der Waals surface area contributed by atoms with E-state index in [-0.39, 0.29) is 11.9 Å². The topological polar surface area (TPSA) is 102 Å². The summed E-state index contributed by atoms with van der Waals surface area (Å²) in [7, 11) is 1.77. The Balaban J connectivity index is 1.29. The number of fused-ring (bicyclic) bond motifs is 1. The summed E-state index contributed by atoms with van der Waals surface area (Å²) in [4.78, 5) is 16.2. The van der Waals surface area contributed by atoms with Gasteiger partial charge in [0.25, 0.3) is 5.89 Å². The molecule has 1 aromatic carbocycles. The van der Waals surface area contributed by atoms with E-state index in [0.717, 1.165) is 37.0 Å². The third-order valence-corrected chi connectivity index (χ3v) is 5.97. The van der Waals surface area contributed by atoms with Crippen molar-refractivity contribution in [2.45, 2.75) is 38.6 Å². The number of likely N-dealkylation sites (tertiary alicyclic amines) is 1. The van der Waals surface area contributed by atoms with Crippen LogP contribution in [0.4, 0.5) is 6.01 Å². The average Bonchev–Trinajstić information content (AvgIpc) is 3.11. The number of hydrogen-bond acceptors (Lipinski definition) is 7. The van der Waals surface area contributed by atoms with Gasteiger partial charge in [0.15, 0.2) is 0 Å². The average molecular weight is 381 g/mol. The molecule has 2 fully saturated rings. The third kappa shape index (κ3) is 3.00. The number of amides is 1. The van der Waals surface area contributed by atoms with Crippen LogP contribution in [0.3, 0.4) is 0 Å². The maximum absolute atomic E-state index is 12.7. The van der Waals surface area contributed by atoms with Gasteiger partial charge in [-0.1, -0.05) is 11.2 Å². The van der Waals surface area contributed by atoms with Crippen LogP contribution in [0, 0.1) is 5.41 Å². The normalized spacial score (nSPS) is 19.1. The van der Waals surface area contributed by atoms with Crippen molar-refractivity contribution >= 4 is 23.0 Å². The zero-order valence-corrected chi connectivity index (χ0v) is 16.1. The lowest BCUT2D eigenvalue weighted by Crippen LogP contribution is -2.45. The van der Waals surface area contributed by atoms with Crippen LogP contribution in [-0.2, 0) is 11.8 Å². The number of hydrogen-bond donors (Lipinski definition) is 1. The van der Waals surface area contributed by atoms with Gasteiger partial charge in [-0.05, 0) is 50.2 Å². The molecule has 3 aromatic rings. The second kappa shape index (κ2) is 6.29. The molecule has 3 heterocycles. The van der Waals surface area contributed by atoms with Gasteiger partial charge in [-0.2, -0.15) is 15.0 Å². The molecule has 9 heteroatoms. The highest BCUT2D eigenvalue weighted by molar-refractivity contribution is 5.88. The number of anilines is 1. The Morgan fingerprint density at radius 2 is 1.96 bits per heavy atom. The summed E-state index contributed by atoms with van der Waals surface area (Å²) >= 11 is 0. The predicted octanol–water partition coefficient (Wildman–Crippen LogP) is 2.22. The molecular weight excluding hydrogens is 358 g/mol. The molecule has 0 radical (unpaired) electrons. The van der Waals surface area contributed by atoms with Gasteiger partial charge in [0.05, 0.1) is 5.56 Å². The van der Waals surface area contributed by atoms with E-state index < -0.39 is 6.04 Å². The minimum Gasteiger partial charge on any atom is -0.403 e. The first kappa shape index (κ1) is 17.2. The number of carbonyl (C=O) groups excluding carboxylic acids is 1. The second-order valence-electron chi connectivity index (χ2n) is 7.97. The molecule has 2 aliphatic rings. The first-order chi connectivity index (χ1) is 13.5. The van der Waals surface area contributed by atoms with E-state index in [1.54, 1.807) is 7.05 Å². The van der Waals surface area contributed by atoms with E-state index in [0.29, 0.717) is 16.8 Å². The zero-order valence-electron chi connectivity index (χ0n) is 16.1. The molecule has 1 atom stereocenters. The molecule has 146 valence electrons. The van der Waals surface area contributed by atoms with Crippen molar-refractivity contribution in [3.8, 4) is 11.5 Å². The highest BCUT2D eigenvalue weighted by Gasteiger charge is 2.45. The van der Waals surface area contributed by atoms with Gasteiger partial charge in [-0.15, -0.1) is 5.10 Å². The monoisotopic (exact) mass is 381 g/mol. The number of carbonyl (C=O) groups is 1. The van der Waals surface area contributed by atoms with Gasteiger partial charge in [0, 0.05) is 20.1 Å². The van der Waals surface area contributed by atoms with Crippen LogP contribution in [-0.4, -0.2) is 55.1 Å². The van der Waals surface area contributed by atoms with E-state index in [1.165, 1.54) is 17.6 Å². The summed E-state index contributed by atoms with van der Waals surface area (Å²) in [5.41, 5.74) is 2.73. The van der Waals surface area contributed by atoms with Gasteiger partial charge in [-0.3, -0.25) is 4.79 Å². The Hall–Kier alpha value is -2.97. The summed E-state index contributed by atoms with van der Waals surface area (Å²) in [5.74, 6) is 0.424. The van der Waals surface area contributed by atoms with Crippen molar-refractivity contribution < 1.29 is 9.21 Å². The first-order valence-electron chi connectivity index (χ1n) is 9.72. The van der Waals surface area contributed by atoms with Gasteiger partial charge >= 0.3 is 6.01 Å². The summed E-state index contributed by atoms with van der Waals surface area (Å²) in [5, 5.41) is 19.9. The minimum absolute atomic E-state index is 0.0753. The standard InChI is InChI=1S/C19H23N7O2/c1-12(17(27)26-10-8-19(6-7-19)9-11-26)20-18-22-21-16(28-18)13-4-3-5-14-15(13)24-25(2)23-14/h3-5,12H,6-11H2,1-2H3,(H,20,22)/t12-/m1/s1. The number of benzene rings is 1. The molecule has 1 N–H and O–H groups in total. The fraction of sp³-hybridized carbons (Fsp3) is 0.526. The molecular formula is C19H23N7O2. The van der Waals surface area contributed by atoms with Crippen molar-refractivity contribution in [3.63, 3.8) is 0 Å². The minimum atomic E-state index is -0.422. The molecule has 9 nitrogen and oxygen atoms in total. The lowest BCUT2D eigenvalue weighted by atomic mass is 9.93. The fourth-order valence-electron chi connectivity index (χ4n) is 4.00. The van der Waals surface area contributed by atoms with E-state index >= 15 is 0 Å². The number of nitrogens with one attached hydrogen (secondary N) is 1. The van der Waals surface area contributed by atoms with Crippen LogP contribution >= 0.6 is 0 Å². The summed E-state index contributed by atoms with van der Waals surface area (Å²) in [6.45, 7) is 3.51. The number of nitrogens with zero attached hydrogens (tertiary/aromatic N) is 6. The maximum Gasteiger partial charge on any atom is 0.316 e. The molecule has 1 saturated heterocycles. The molecule has 1 amide bonds. The van der Waals surface area contributed by atoms with E-state index in [9.17, 15) is 4.79 Å². The molecule has 1 aliphatic heterocycles. The Bertz CT molecular complexity index is 1030. The molecule has 1 spiro atoms. The van der Waals surface area contributed by atoms with Crippen LogP contribution in [0.25, 0.3) is 22.5 Å². The number of piperidine rings is 1. The van der Waals surface area contributed by atoms with E-state index in [1.807, 2.05) is 30.0 Å². The maximum atomic E-state index is 12.7. The Kier molecular flexibility index (Phi) is 3.85. The Morgan fingerprint density at radius 3 is 2.71 bits per heavy atom. The number of aromatic nitrogens is 5. The summed E-state index contributed by atoms with van der Waals surface area (Å²) in [6, 6.07) is 5.43. The van der Waals surface area contributed by atoms with Crippen LogP contribution in [0.2, 0.25) is 0 Å². The zero-order chi connectivity index (χ0) is 19.3. The number of aryl methyl sites for hydroxylation is 1. The van der Waals surface area contributed by atoms with Crippen molar-refractivity contribution in [1.29, 1.82) is 0 Å². The molecule has 1 aliphatic carbocycles. The van der Waals surface area contributed by atoms with E-state index in [4.69, 9.17) is 4.42 Å². The van der Waals surface area contributed by atoms with Crippen LogP contribution in [0.5, 0.6) is 0 Å². The van der Waals surface area contributed by atoms with Gasteiger partial charge < -0.3 is 14.6 Å². The summed E-state index contributed by atoms with van der Waals surface area (Å²) in [6.07, 6.45) is 4.90. The van der Waals surface area contributed by atoms with Crippen molar-refractivity contribution in [2.24, 2.45) is 12.5 Å². The van der Waals surface area contributed by atoms with E-state index in [2.05, 4.69) is 25.7 Å². The third-order valence-electron chi connectivity index (χ3n) is 5.97. The van der Waals surface area contributed by atoms with Crippen molar-refractivity contribution in [1.82, 2.24) is 30.1 Å². The second-order valence-corrected chi connectivity index (χ2v) is 7.97. The van der Waals surface area contributed by atoms with Crippen LogP contribution in [0.15, 0.2) is 22.6 Å². The number of rotatable bonds is 4. The lowest BCUT2D eigenvalue weighted by Gasteiger charge is -2.33. The summed E-state index contributed by atoms with van der Waals surface area (Å²) < 4.78 is 5.76. The molecule has 1 saturated carbocycles. The van der Waals surface area contributed by atoms with Gasteiger partial charge in [0.1, 0.15) is 17.1 Å². The largest absolute Gasteiger partial charge is 0.403 e. The first-order valence-corrected chi connectivity index (χ1v) is 9.72. The molecule has 28 heavy (non-hydrogen) atoms.